The minimum absolute atomic E-state index is 0.322. The summed E-state index contributed by atoms with van der Waals surface area (Å²) in [6.45, 7) is 0. The Bertz CT molecular complexity index is 1270. The summed E-state index contributed by atoms with van der Waals surface area (Å²) < 4.78 is 143. The SMILES string of the molecule is Fc1c(F)c(F)[c]([Pb]([c]2ccccc2)([c]2ccccc2)[c]2c(F)c(F)c(F)c(F)c2F)c(F)c1F. The van der Waals surface area contributed by atoms with Crippen LogP contribution in [0.1, 0.15) is 0 Å². The van der Waals surface area contributed by atoms with Crippen LogP contribution in [-0.2, 0) is 0 Å². The van der Waals surface area contributed by atoms with Crippen molar-refractivity contribution in [3.05, 3.63) is 119 Å². The molecule has 0 aromatic heterocycles. The van der Waals surface area contributed by atoms with Gasteiger partial charge in [-0.2, -0.15) is 0 Å². The molecule has 0 fully saturated rings. The predicted molar refractivity (Wildman–Crippen MR) is 110 cm³/mol. The molecule has 0 heterocycles. The van der Waals surface area contributed by atoms with E-state index in [1.807, 2.05) is 0 Å². The molecule has 4 aromatic carbocycles. The van der Waals surface area contributed by atoms with Crippen LogP contribution in [0.15, 0.2) is 60.7 Å². The molecule has 0 atom stereocenters. The quantitative estimate of drug-likeness (QED) is 0.128. The Morgan fingerprint density at radius 2 is 0.543 bits per heavy atom. The molecule has 0 nitrogen and oxygen atoms in total. The Kier molecular flexibility index (Phi) is 6.68. The van der Waals surface area contributed by atoms with E-state index in [9.17, 15) is 26.3 Å². The summed E-state index contributed by atoms with van der Waals surface area (Å²) in [4.78, 5) is 0. The fourth-order valence-corrected chi connectivity index (χ4v) is 23.1. The van der Waals surface area contributed by atoms with E-state index in [1.165, 1.54) is 36.4 Å². The molecular weight excluding hydrogens is 685 g/mol. The van der Waals surface area contributed by atoms with Crippen LogP contribution in [0.4, 0.5) is 43.9 Å². The number of halogens is 10. The van der Waals surface area contributed by atoms with Crippen molar-refractivity contribution in [2.45, 2.75) is 0 Å². The zero-order chi connectivity index (χ0) is 25.7. The summed E-state index contributed by atoms with van der Waals surface area (Å²) in [5.74, 6) is -24.4. The van der Waals surface area contributed by atoms with E-state index in [1.54, 1.807) is 0 Å². The van der Waals surface area contributed by atoms with Crippen molar-refractivity contribution >= 4 is 33.7 Å². The van der Waals surface area contributed by atoms with Crippen LogP contribution >= 0.6 is 0 Å². The van der Waals surface area contributed by atoms with E-state index in [0.29, 0.717) is 0 Å². The molecule has 180 valence electrons. The molecule has 0 radical (unpaired) electrons. The Hall–Kier alpha value is -2.90. The topological polar surface area (TPSA) is 0 Å². The number of rotatable bonds is 4. The molecule has 0 bridgehead atoms. The molecule has 0 saturated heterocycles. The summed E-state index contributed by atoms with van der Waals surface area (Å²) >= 11 is -6.78. The first-order valence-corrected chi connectivity index (χ1v) is 17.5. The van der Waals surface area contributed by atoms with Crippen molar-refractivity contribution in [3.8, 4) is 0 Å². The second-order valence-corrected chi connectivity index (χ2v) is 21.6. The molecule has 0 aliphatic heterocycles. The minimum atomic E-state index is -6.78. The molecule has 11 heteroatoms. The van der Waals surface area contributed by atoms with Crippen LogP contribution in [0.2, 0.25) is 0 Å². The second kappa shape index (κ2) is 9.28. The Labute approximate surface area is 196 Å². The second-order valence-electron chi connectivity index (χ2n) is 7.37. The predicted octanol–water partition coefficient (Wildman–Crippen LogP) is 4.46. The first-order valence-electron chi connectivity index (χ1n) is 9.71. The third-order valence-electron chi connectivity index (χ3n) is 5.58. The van der Waals surface area contributed by atoms with Gasteiger partial charge in [0.15, 0.2) is 0 Å². The summed E-state index contributed by atoms with van der Waals surface area (Å²) in [7, 11) is 0. The summed E-state index contributed by atoms with van der Waals surface area (Å²) in [5, 5.41) is 0. The Morgan fingerprint density at radius 1 is 0.314 bits per heavy atom. The van der Waals surface area contributed by atoms with E-state index >= 15 is 17.6 Å². The fourth-order valence-electron chi connectivity index (χ4n) is 4.11. The van der Waals surface area contributed by atoms with Crippen molar-refractivity contribution in [2.24, 2.45) is 0 Å². The first kappa shape index (κ1) is 25.2. The van der Waals surface area contributed by atoms with Crippen molar-refractivity contribution in [3.63, 3.8) is 0 Å². The van der Waals surface area contributed by atoms with Gasteiger partial charge in [-0.15, -0.1) is 0 Å². The van der Waals surface area contributed by atoms with Gasteiger partial charge in [0.1, 0.15) is 0 Å². The van der Waals surface area contributed by atoms with Gasteiger partial charge in [0.25, 0.3) is 0 Å². The van der Waals surface area contributed by atoms with E-state index in [4.69, 9.17) is 0 Å². The van der Waals surface area contributed by atoms with Gasteiger partial charge in [-0.1, -0.05) is 0 Å². The van der Waals surface area contributed by atoms with Crippen molar-refractivity contribution < 1.29 is 43.9 Å². The van der Waals surface area contributed by atoms with Crippen LogP contribution in [0.3, 0.4) is 0 Å². The molecule has 0 spiro atoms. The van der Waals surface area contributed by atoms with Crippen LogP contribution in [-0.4, -0.2) is 21.2 Å². The fraction of sp³-hybridized carbons (Fsp3) is 0. The summed E-state index contributed by atoms with van der Waals surface area (Å²) in [6, 6.07) is 12.1. The van der Waals surface area contributed by atoms with Crippen molar-refractivity contribution in [2.75, 3.05) is 0 Å². The Balaban J connectivity index is 2.41. The van der Waals surface area contributed by atoms with Crippen LogP contribution in [0.5, 0.6) is 0 Å². The average molecular weight is 696 g/mol. The van der Waals surface area contributed by atoms with Crippen LogP contribution in [0.25, 0.3) is 0 Å². The molecule has 4 aromatic rings. The van der Waals surface area contributed by atoms with Crippen LogP contribution in [0, 0.1) is 58.2 Å². The maximum absolute atomic E-state index is 15.3. The zero-order valence-corrected chi connectivity index (χ0v) is 20.9. The standard InChI is InChI=1S/2C6F5.2C6H5.Pb/c2*7-2-1-3(8)5(10)6(11)4(2)9;2*1-2-4-6-5-3-1;/h;;2*1-5H;. The molecular formula is C24H10F10Pb. The summed E-state index contributed by atoms with van der Waals surface area (Å²) in [5.41, 5.74) is 0. The molecule has 0 aliphatic rings. The number of hydrogen-bond donors (Lipinski definition) is 0. The number of benzene rings is 4. The third kappa shape index (κ3) is 3.64. The van der Waals surface area contributed by atoms with Crippen LogP contribution < -0.4 is 12.5 Å². The maximum atomic E-state index is 15.3. The van der Waals surface area contributed by atoms with Gasteiger partial charge in [0, 0.05) is 0 Å². The van der Waals surface area contributed by atoms with Crippen molar-refractivity contribution in [1.29, 1.82) is 0 Å². The third-order valence-corrected chi connectivity index (χ3v) is 24.2. The molecule has 0 unspecified atom stereocenters. The monoisotopic (exact) mass is 696 g/mol. The molecule has 0 aliphatic carbocycles. The molecule has 35 heavy (non-hydrogen) atoms. The van der Waals surface area contributed by atoms with E-state index in [-0.39, 0.29) is 6.25 Å². The van der Waals surface area contributed by atoms with Gasteiger partial charge >= 0.3 is 196 Å². The molecule has 4 rings (SSSR count). The molecule has 0 saturated carbocycles. The average Bonchev–Trinajstić information content (AvgIpc) is 2.88. The molecule has 0 N–H and O–H groups in total. The normalized spacial score (nSPS) is 11.7. The first-order chi connectivity index (χ1) is 16.6. The Morgan fingerprint density at radius 3 is 0.800 bits per heavy atom. The van der Waals surface area contributed by atoms with Gasteiger partial charge in [-0.05, 0) is 0 Å². The van der Waals surface area contributed by atoms with Gasteiger partial charge in [0.05, 0.1) is 0 Å². The van der Waals surface area contributed by atoms with E-state index in [0.717, 1.165) is 24.3 Å². The number of hydrogen-bond acceptors (Lipinski definition) is 0. The zero-order valence-electron chi connectivity index (χ0n) is 17.1. The van der Waals surface area contributed by atoms with Gasteiger partial charge in [-0.3, -0.25) is 0 Å². The summed E-state index contributed by atoms with van der Waals surface area (Å²) in [6.07, 6.45) is 0. The van der Waals surface area contributed by atoms with Gasteiger partial charge < -0.3 is 0 Å². The van der Waals surface area contributed by atoms with Gasteiger partial charge in [0.2, 0.25) is 0 Å². The van der Waals surface area contributed by atoms with E-state index < -0.39 is 85.6 Å². The van der Waals surface area contributed by atoms with Crippen molar-refractivity contribution in [1.82, 2.24) is 0 Å². The van der Waals surface area contributed by atoms with Gasteiger partial charge in [-0.25, -0.2) is 0 Å². The molecule has 0 amide bonds. The van der Waals surface area contributed by atoms with E-state index in [2.05, 4.69) is 0 Å².